The minimum absolute atomic E-state index is 0.374. The summed E-state index contributed by atoms with van der Waals surface area (Å²) in [7, 11) is -1.69. The zero-order valence-electron chi connectivity index (χ0n) is 9.60. The molecule has 92 valence electrons. The first kappa shape index (κ1) is 14.2. The van der Waals surface area contributed by atoms with Crippen LogP contribution in [0.15, 0.2) is 20.1 Å². The third-order valence-electron chi connectivity index (χ3n) is 2.49. The number of thiophene rings is 1. The van der Waals surface area contributed by atoms with Gasteiger partial charge in [0.2, 0.25) is 0 Å². The van der Waals surface area contributed by atoms with Gasteiger partial charge in [-0.05, 0) is 33.3 Å². The highest BCUT2D eigenvalue weighted by molar-refractivity contribution is 9.10. The van der Waals surface area contributed by atoms with Crippen molar-refractivity contribution in [2.45, 2.75) is 24.5 Å². The van der Waals surface area contributed by atoms with Gasteiger partial charge in [0.1, 0.15) is 4.21 Å². The van der Waals surface area contributed by atoms with E-state index in [9.17, 15) is 8.42 Å². The van der Waals surface area contributed by atoms with Gasteiger partial charge in [-0.1, -0.05) is 20.3 Å². The van der Waals surface area contributed by atoms with E-state index in [1.165, 1.54) is 15.6 Å². The van der Waals surface area contributed by atoms with Crippen molar-refractivity contribution in [3.63, 3.8) is 0 Å². The summed E-state index contributed by atoms with van der Waals surface area (Å²) in [6.07, 6.45) is 0.978. The standard InChI is InChI=1S/C10H16BrNO2S2/c1-4-8(2)7-12(3)16(13,14)10-9(11)5-6-15-10/h5-6,8H,4,7H2,1-3H3. The summed E-state index contributed by atoms with van der Waals surface area (Å²) in [6, 6.07) is 1.76. The highest BCUT2D eigenvalue weighted by Gasteiger charge is 2.25. The predicted octanol–water partition coefficient (Wildman–Crippen LogP) is 3.18. The van der Waals surface area contributed by atoms with Gasteiger partial charge in [-0.3, -0.25) is 0 Å². The van der Waals surface area contributed by atoms with Crippen molar-refractivity contribution in [2.75, 3.05) is 13.6 Å². The molecule has 0 radical (unpaired) electrons. The number of halogens is 1. The van der Waals surface area contributed by atoms with Gasteiger partial charge in [-0.2, -0.15) is 4.31 Å². The molecule has 1 aromatic heterocycles. The average molecular weight is 326 g/mol. The van der Waals surface area contributed by atoms with Crippen LogP contribution in [-0.2, 0) is 10.0 Å². The van der Waals surface area contributed by atoms with Gasteiger partial charge < -0.3 is 0 Å². The lowest BCUT2D eigenvalue weighted by Gasteiger charge is -2.19. The van der Waals surface area contributed by atoms with Crippen molar-refractivity contribution >= 4 is 37.3 Å². The lowest BCUT2D eigenvalue weighted by molar-refractivity contribution is 0.394. The molecule has 0 amide bonds. The molecule has 0 aliphatic rings. The fraction of sp³-hybridized carbons (Fsp3) is 0.600. The SMILES string of the molecule is CCC(C)CN(C)S(=O)(=O)c1sccc1Br. The van der Waals surface area contributed by atoms with E-state index in [-0.39, 0.29) is 0 Å². The van der Waals surface area contributed by atoms with E-state index in [0.717, 1.165) is 6.42 Å². The van der Waals surface area contributed by atoms with Crippen LogP contribution in [0.3, 0.4) is 0 Å². The molecule has 0 saturated heterocycles. The summed E-state index contributed by atoms with van der Waals surface area (Å²) in [5.74, 6) is 0.374. The Balaban J connectivity index is 2.91. The summed E-state index contributed by atoms with van der Waals surface area (Å²) < 4.78 is 26.8. The molecular weight excluding hydrogens is 310 g/mol. The van der Waals surface area contributed by atoms with Crippen LogP contribution in [-0.4, -0.2) is 26.3 Å². The maximum Gasteiger partial charge on any atom is 0.253 e. The zero-order chi connectivity index (χ0) is 12.3. The van der Waals surface area contributed by atoms with Crippen molar-refractivity contribution in [1.29, 1.82) is 0 Å². The minimum atomic E-state index is -3.33. The van der Waals surface area contributed by atoms with Crippen LogP contribution in [0.5, 0.6) is 0 Å². The first-order valence-electron chi connectivity index (χ1n) is 5.09. The summed E-state index contributed by atoms with van der Waals surface area (Å²) in [5, 5.41) is 1.77. The lowest BCUT2D eigenvalue weighted by atomic mass is 10.1. The van der Waals surface area contributed by atoms with Crippen molar-refractivity contribution in [3.05, 3.63) is 15.9 Å². The molecule has 0 aliphatic heterocycles. The van der Waals surface area contributed by atoms with Gasteiger partial charge in [0.05, 0.1) is 0 Å². The molecule has 3 nitrogen and oxygen atoms in total. The van der Waals surface area contributed by atoms with Crippen molar-refractivity contribution < 1.29 is 8.42 Å². The third-order valence-corrected chi connectivity index (χ3v) is 6.97. The van der Waals surface area contributed by atoms with E-state index in [4.69, 9.17) is 0 Å². The molecule has 1 heterocycles. The van der Waals surface area contributed by atoms with Gasteiger partial charge in [0.25, 0.3) is 10.0 Å². The Morgan fingerprint density at radius 2 is 2.19 bits per heavy atom. The van der Waals surface area contributed by atoms with E-state index < -0.39 is 10.0 Å². The van der Waals surface area contributed by atoms with Crippen LogP contribution >= 0.6 is 27.3 Å². The predicted molar refractivity (Wildman–Crippen MR) is 71.3 cm³/mol. The van der Waals surface area contributed by atoms with Crippen LogP contribution in [0.4, 0.5) is 0 Å². The van der Waals surface area contributed by atoms with Gasteiger partial charge in [-0.15, -0.1) is 11.3 Å². The van der Waals surface area contributed by atoms with Crippen LogP contribution in [0.25, 0.3) is 0 Å². The van der Waals surface area contributed by atoms with Gasteiger partial charge in [0.15, 0.2) is 0 Å². The molecule has 0 N–H and O–H groups in total. The zero-order valence-corrected chi connectivity index (χ0v) is 12.8. The van der Waals surface area contributed by atoms with E-state index in [1.807, 2.05) is 0 Å². The van der Waals surface area contributed by atoms with Gasteiger partial charge >= 0.3 is 0 Å². The van der Waals surface area contributed by atoms with Crippen LogP contribution in [0.1, 0.15) is 20.3 Å². The molecule has 0 bridgehead atoms. The van der Waals surface area contributed by atoms with E-state index >= 15 is 0 Å². The molecule has 0 aliphatic carbocycles. The first-order valence-corrected chi connectivity index (χ1v) is 8.20. The third kappa shape index (κ3) is 3.06. The Bertz CT molecular complexity index is 441. The monoisotopic (exact) mass is 325 g/mol. The summed E-state index contributed by atoms with van der Waals surface area (Å²) in [5.41, 5.74) is 0. The second-order valence-corrected chi connectivity index (χ2v) is 7.87. The lowest BCUT2D eigenvalue weighted by Crippen LogP contribution is -2.30. The van der Waals surface area contributed by atoms with E-state index in [0.29, 0.717) is 21.1 Å². The normalized spacial score (nSPS) is 14.3. The molecule has 1 aromatic rings. The van der Waals surface area contributed by atoms with Gasteiger partial charge in [0, 0.05) is 18.1 Å². The van der Waals surface area contributed by atoms with Crippen molar-refractivity contribution in [2.24, 2.45) is 5.92 Å². The summed E-state index contributed by atoms with van der Waals surface area (Å²) in [4.78, 5) is 0. The summed E-state index contributed by atoms with van der Waals surface area (Å²) in [6.45, 7) is 4.67. The molecule has 0 saturated carbocycles. The molecule has 0 spiro atoms. The number of nitrogens with zero attached hydrogens (tertiary/aromatic N) is 1. The number of sulfonamides is 1. The van der Waals surface area contributed by atoms with Crippen LogP contribution in [0.2, 0.25) is 0 Å². The van der Waals surface area contributed by atoms with E-state index in [1.54, 1.807) is 18.5 Å². The molecule has 1 atom stereocenters. The quantitative estimate of drug-likeness (QED) is 0.833. The molecule has 0 aromatic carbocycles. The Kier molecular flexibility index (Phi) is 4.97. The average Bonchev–Trinajstić information content (AvgIpc) is 2.64. The number of hydrogen-bond acceptors (Lipinski definition) is 3. The van der Waals surface area contributed by atoms with Crippen LogP contribution in [0, 0.1) is 5.92 Å². The second kappa shape index (κ2) is 5.62. The minimum Gasteiger partial charge on any atom is -0.206 e. The largest absolute Gasteiger partial charge is 0.253 e. The maximum atomic E-state index is 12.2. The molecule has 6 heteroatoms. The highest BCUT2D eigenvalue weighted by Crippen LogP contribution is 2.30. The Hall–Kier alpha value is 0.0900. The fourth-order valence-corrected chi connectivity index (χ4v) is 5.06. The number of rotatable bonds is 5. The Morgan fingerprint density at radius 1 is 1.56 bits per heavy atom. The highest BCUT2D eigenvalue weighted by atomic mass is 79.9. The molecule has 1 unspecified atom stereocenters. The fourth-order valence-electron chi connectivity index (χ4n) is 1.27. The van der Waals surface area contributed by atoms with Crippen molar-refractivity contribution in [3.8, 4) is 0 Å². The summed E-state index contributed by atoms with van der Waals surface area (Å²) >= 11 is 4.50. The molecule has 0 fully saturated rings. The molecular formula is C10H16BrNO2S2. The van der Waals surface area contributed by atoms with Gasteiger partial charge in [-0.25, -0.2) is 8.42 Å². The maximum absolute atomic E-state index is 12.2. The Morgan fingerprint density at radius 3 is 2.62 bits per heavy atom. The van der Waals surface area contributed by atoms with Crippen LogP contribution < -0.4 is 0 Å². The number of hydrogen-bond donors (Lipinski definition) is 0. The molecule has 16 heavy (non-hydrogen) atoms. The molecule has 1 rings (SSSR count). The Labute approximate surface area is 110 Å². The van der Waals surface area contributed by atoms with E-state index in [2.05, 4.69) is 29.8 Å². The smallest absolute Gasteiger partial charge is 0.206 e. The second-order valence-electron chi connectivity index (χ2n) is 3.85. The topological polar surface area (TPSA) is 37.4 Å². The first-order chi connectivity index (χ1) is 7.39. The van der Waals surface area contributed by atoms with Crippen molar-refractivity contribution in [1.82, 2.24) is 4.31 Å².